The van der Waals surface area contributed by atoms with Crippen LogP contribution in [0.5, 0.6) is 0 Å². The molecule has 4 rings (SSSR count). The number of hydrogen-bond acceptors (Lipinski definition) is 1. The molecular formula is C23H29N. The van der Waals surface area contributed by atoms with Gasteiger partial charge in [0, 0.05) is 12.0 Å². The van der Waals surface area contributed by atoms with E-state index in [9.17, 15) is 0 Å². The van der Waals surface area contributed by atoms with Crippen molar-refractivity contribution in [3.63, 3.8) is 0 Å². The summed E-state index contributed by atoms with van der Waals surface area (Å²) in [6, 6.07) is 23.2. The van der Waals surface area contributed by atoms with Crippen molar-refractivity contribution in [3.05, 3.63) is 71.8 Å². The van der Waals surface area contributed by atoms with Crippen molar-refractivity contribution >= 4 is 0 Å². The van der Waals surface area contributed by atoms with E-state index in [0.29, 0.717) is 5.92 Å². The Hall–Kier alpha value is -1.60. The van der Waals surface area contributed by atoms with Crippen LogP contribution in [0.3, 0.4) is 0 Å². The van der Waals surface area contributed by atoms with Crippen molar-refractivity contribution in [2.75, 3.05) is 13.1 Å². The second kappa shape index (κ2) is 7.53. The highest BCUT2D eigenvalue weighted by atomic mass is 15.2. The van der Waals surface area contributed by atoms with Crippen LogP contribution in [0.15, 0.2) is 60.7 Å². The van der Waals surface area contributed by atoms with Gasteiger partial charge in [0.2, 0.25) is 0 Å². The predicted molar refractivity (Wildman–Crippen MR) is 101 cm³/mol. The van der Waals surface area contributed by atoms with Gasteiger partial charge in [-0.1, -0.05) is 67.1 Å². The smallest absolute Gasteiger partial charge is 0.0124 e. The molecule has 0 N–H and O–H groups in total. The van der Waals surface area contributed by atoms with Gasteiger partial charge in [0.15, 0.2) is 0 Å². The second-order valence-corrected chi connectivity index (χ2v) is 7.61. The van der Waals surface area contributed by atoms with Gasteiger partial charge in [0.25, 0.3) is 0 Å². The van der Waals surface area contributed by atoms with Gasteiger partial charge in [-0.25, -0.2) is 0 Å². The minimum atomic E-state index is 0.541. The fourth-order valence-corrected chi connectivity index (χ4v) is 4.99. The lowest BCUT2D eigenvalue weighted by Gasteiger charge is -2.45. The zero-order valence-corrected chi connectivity index (χ0v) is 14.6. The van der Waals surface area contributed by atoms with Crippen LogP contribution in [-0.2, 0) is 0 Å². The van der Waals surface area contributed by atoms with E-state index in [-0.39, 0.29) is 0 Å². The summed E-state index contributed by atoms with van der Waals surface area (Å²) in [5.74, 6) is 1.39. The Morgan fingerprint density at radius 3 is 2.04 bits per heavy atom. The lowest BCUT2D eigenvalue weighted by molar-refractivity contribution is 0.0540. The summed E-state index contributed by atoms with van der Waals surface area (Å²) in [7, 11) is 0. The fraction of sp³-hybridized carbons (Fsp3) is 0.478. The molecule has 126 valence electrons. The predicted octanol–water partition coefficient (Wildman–Crippen LogP) is 5.47. The highest BCUT2D eigenvalue weighted by Gasteiger charge is 2.34. The fourth-order valence-electron chi connectivity index (χ4n) is 4.99. The van der Waals surface area contributed by atoms with E-state index in [0.717, 1.165) is 12.0 Å². The zero-order chi connectivity index (χ0) is 16.2. The number of piperidine rings is 2. The van der Waals surface area contributed by atoms with Crippen LogP contribution in [0.4, 0.5) is 0 Å². The number of benzene rings is 2. The third-order valence-electron chi connectivity index (χ3n) is 6.17. The molecule has 2 fully saturated rings. The Labute approximate surface area is 146 Å². The van der Waals surface area contributed by atoms with Crippen molar-refractivity contribution in [3.8, 4) is 0 Å². The summed E-state index contributed by atoms with van der Waals surface area (Å²) in [4.78, 5) is 2.80. The molecule has 2 aliphatic rings. The maximum atomic E-state index is 2.80. The van der Waals surface area contributed by atoms with Crippen LogP contribution in [-0.4, -0.2) is 24.0 Å². The summed E-state index contributed by atoms with van der Waals surface area (Å²) in [6.45, 7) is 2.67. The maximum Gasteiger partial charge on any atom is 0.0124 e. The number of rotatable bonds is 4. The summed E-state index contributed by atoms with van der Waals surface area (Å²) in [5, 5.41) is 0. The van der Waals surface area contributed by atoms with Gasteiger partial charge < -0.3 is 4.90 Å². The Balaban J connectivity index is 1.60. The summed E-state index contributed by atoms with van der Waals surface area (Å²) >= 11 is 0. The molecule has 2 heterocycles. The van der Waals surface area contributed by atoms with Crippen molar-refractivity contribution in [1.29, 1.82) is 0 Å². The molecule has 0 aliphatic carbocycles. The van der Waals surface area contributed by atoms with Crippen LogP contribution in [0.25, 0.3) is 0 Å². The molecule has 2 aromatic rings. The molecule has 0 amide bonds. The minimum absolute atomic E-state index is 0.541. The van der Waals surface area contributed by atoms with Gasteiger partial charge in [-0.05, 0) is 62.2 Å². The highest BCUT2D eigenvalue weighted by Crippen LogP contribution is 2.39. The maximum absolute atomic E-state index is 2.80. The number of nitrogens with zero attached hydrogens (tertiary/aromatic N) is 1. The first kappa shape index (κ1) is 15.9. The van der Waals surface area contributed by atoms with Gasteiger partial charge in [-0.3, -0.25) is 0 Å². The average Bonchev–Trinajstić information content (AvgIpc) is 2.67. The van der Waals surface area contributed by atoms with E-state index in [2.05, 4.69) is 65.6 Å². The molecule has 2 saturated heterocycles. The third-order valence-corrected chi connectivity index (χ3v) is 6.17. The van der Waals surface area contributed by atoms with Crippen LogP contribution >= 0.6 is 0 Å². The molecule has 2 aromatic carbocycles. The lowest BCUT2D eigenvalue weighted by Crippen LogP contribution is -2.48. The minimum Gasteiger partial charge on any atom is -0.300 e. The standard InChI is InChI=1S/C23H29N/c1-3-10-19(11-4-1)22(20-12-5-2-6-13-20)18-21-14-9-17-24-16-8-7-15-23(21)24/h1-6,10-13,21-23H,7-9,14-18H2/t21-,23+/m0/s1. The molecule has 2 atom stereocenters. The van der Waals surface area contributed by atoms with Crippen LogP contribution in [0.2, 0.25) is 0 Å². The van der Waals surface area contributed by atoms with Gasteiger partial charge in [-0.2, -0.15) is 0 Å². The van der Waals surface area contributed by atoms with E-state index in [1.165, 1.54) is 62.7 Å². The summed E-state index contributed by atoms with van der Waals surface area (Å²) in [5.41, 5.74) is 2.97. The SMILES string of the molecule is c1ccc(C(C[C@@H]2CCCN3CCCC[C@H]23)c2ccccc2)cc1. The zero-order valence-electron chi connectivity index (χ0n) is 14.6. The Morgan fingerprint density at radius 1 is 0.750 bits per heavy atom. The molecule has 0 spiro atoms. The van der Waals surface area contributed by atoms with E-state index < -0.39 is 0 Å². The first-order chi connectivity index (χ1) is 11.9. The third kappa shape index (κ3) is 3.42. The highest BCUT2D eigenvalue weighted by molar-refractivity contribution is 5.32. The van der Waals surface area contributed by atoms with Gasteiger partial charge >= 0.3 is 0 Å². The molecule has 0 saturated carbocycles. The van der Waals surface area contributed by atoms with Crippen molar-refractivity contribution in [1.82, 2.24) is 4.90 Å². The lowest BCUT2D eigenvalue weighted by atomic mass is 9.75. The normalized spacial score (nSPS) is 24.7. The molecule has 0 aromatic heterocycles. The quantitative estimate of drug-likeness (QED) is 0.722. The molecule has 0 bridgehead atoms. The Morgan fingerprint density at radius 2 is 1.38 bits per heavy atom. The topological polar surface area (TPSA) is 3.24 Å². The van der Waals surface area contributed by atoms with E-state index in [1.54, 1.807) is 0 Å². The molecular weight excluding hydrogens is 290 g/mol. The van der Waals surface area contributed by atoms with Crippen LogP contribution in [0.1, 0.15) is 55.6 Å². The van der Waals surface area contributed by atoms with Crippen molar-refractivity contribution in [2.24, 2.45) is 5.92 Å². The average molecular weight is 319 g/mol. The van der Waals surface area contributed by atoms with E-state index in [1.807, 2.05) is 0 Å². The Bertz CT molecular complexity index is 579. The molecule has 1 heteroatoms. The molecule has 0 unspecified atom stereocenters. The molecule has 1 nitrogen and oxygen atoms in total. The van der Waals surface area contributed by atoms with E-state index in [4.69, 9.17) is 0 Å². The largest absolute Gasteiger partial charge is 0.300 e. The van der Waals surface area contributed by atoms with Gasteiger partial charge in [-0.15, -0.1) is 0 Å². The first-order valence-electron chi connectivity index (χ1n) is 9.76. The molecule has 2 aliphatic heterocycles. The Kier molecular flexibility index (Phi) is 4.99. The van der Waals surface area contributed by atoms with Gasteiger partial charge in [0.1, 0.15) is 0 Å². The molecule has 24 heavy (non-hydrogen) atoms. The monoisotopic (exact) mass is 319 g/mol. The van der Waals surface area contributed by atoms with Crippen LogP contribution in [0, 0.1) is 5.92 Å². The van der Waals surface area contributed by atoms with E-state index >= 15 is 0 Å². The van der Waals surface area contributed by atoms with Crippen molar-refractivity contribution < 1.29 is 0 Å². The first-order valence-corrected chi connectivity index (χ1v) is 9.76. The van der Waals surface area contributed by atoms with Crippen molar-refractivity contribution in [2.45, 2.75) is 50.5 Å². The van der Waals surface area contributed by atoms with Crippen LogP contribution < -0.4 is 0 Å². The number of fused-ring (bicyclic) bond motifs is 1. The number of hydrogen-bond donors (Lipinski definition) is 0. The summed E-state index contributed by atoms with van der Waals surface area (Å²) < 4.78 is 0. The second-order valence-electron chi connectivity index (χ2n) is 7.61. The van der Waals surface area contributed by atoms with Gasteiger partial charge in [0.05, 0.1) is 0 Å². The summed E-state index contributed by atoms with van der Waals surface area (Å²) in [6.07, 6.45) is 8.36. The molecule has 0 radical (unpaired) electrons.